The Morgan fingerprint density at radius 3 is 2.75 bits per heavy atom. The van der Waals surface area contributed by atoms with Gasteiger partial charge in [-0.3, -0.25) is 9.59 Å². The standard InChI is InChI=1S/C10H9N3O2S/c14-9(7-4-2-1-3-5-7)13-12-8-6-16-10(15)11-8/h1-5H,6H2,(H,13,14)(H,11,12,15). The number of hydrogen-bond acceptors (Lipinski definition) is 4. The van der Waals surface area contributed by atoms with Crippen LogP contribution in [0.1, 0.15) is 10.4 Å². The Labute approximate surface area is 96.3 Å². The molecule has 1 aromatic carbocycles. The quantitative estimate of drug-likeness (QED) is 0.756. The van der Waals surface area contributed by atoms with E-state index in [4.69, 9.17) is 0 Å². The number of hydrazone groups is 1. The molecule has 16 heavy (non-hydrogen) atoms. The van der Waals surface area contributed by atoms with Crippen molar-refractivity contribution in [2.24, 2.45) is 5.10 Å². The minimum atomic E-state index is -0.292. The van der Waals surface area contributed by atoms with Gasteiger partial charge in [0.05, 0.1) is 5.75 Å². The Balaban J connectivity index is 1.96. The Kier molecular flexibility index (Phi) is 3.21. The number of amides is 2. The van der Waals surface area contributed by atoms with Gasteiger partial charge in [0.2, 0.25) is 0 Å². The minimum absolute atomic E-state index is 0.146. The maximum absolute atomic E-state index is 11.5. The van der Waals surface area contributed by atoms with E-state index < -0.39 is 0 Å². The summed E-state index contributed by atoms with van der Waals surface area (Å²) in [4.78, 5) is 22.4. The topological polar surface area (TPSA) is 70.6 Å². The van der Waals surface area contributed by atoms with E-state index >= 15 is 0 Å². The highest BCUT2D eigenvalue weighted by molar-refractivity contribution is 8.14. The molecule has 0 spiro atoms. The average Bonchev–Trinajstić information content (AvgIpc) is 2.73. The van der Waals surface area contributed by atoms with Crippen LogP contribution in [0.3, 0.4) is 0 Å². The van der Waals surface area contributed by atoms with Gasteiger partial charge >= 0.3 is 0 Å². The summed E-state index contributed by atoms with van der Waals surface area (Å²) in [5.74, 6) is 0.645. The van der Waals surface area contributed by atoms with Gasteiger partial charge in [0.1, 0.15) is 5.84 Å². The number of amidine groups is 1. The van der Waals surface area contributed by atoms with Gasteiger partial charge < -0.3 is 5.32 Å². The number of rotatable bonds is 2. The first kappa shape index (κ1) is 10.7. The lowest BCUT2D eigenvalue weighted by Gasteiger charge is -2.00. The zero-order chi connectivity index (χ0) is 11.4. The molecule has 2 N–H and O–H groups in total. The number of benzene rings is 1. The van der Waals surface area contributed by atoms with Crippen molar-refractivity contribution < 1.29 is 9.59 Å². The lowest BCUT2D eigenvalue weighted by molar-refractivity contribution is 0.0954. The van der Waals surface area contributed by atoms with Gasteiger partial charge in [-0.2, -0.15) is 5.10 Å². The summed E-state index contributed by atoms with van der Waals surface area (Å²) in [6.07, 6.45) is 0. The van der Waals surface area contributed by atoms with Crippen LogP contribution in [-0.4, -0.2) is 22.7 Å². The maximum atomic E-state index is 11.5. The van der Waals surface area contributed by atoms with E-state index in [1.54, 1.807) is 24.3 Å². The van der Waals surface area contributed by atoms with Gasteiger partial charge in [-0.1, -0.05) is 30.0 Å². The summed E-state index contributed by atoms with van der Waals surface area (Å²) in [6.45, 7) is 0. The molecule has 1 aliphatic heterocycles. The second-order valence-corrected chi connectivity index (χ2v) is 4.01. The summed E-state index contributed by atoms with van der Waals surface area (Å²) in [5.41, 5.74) is 2.91. The third-order valence-electron chi connectivity index (χ3n) is 1.91. The highest BCUT2D eigenvalue weighted by atomic mass is 32.2. The van der Waals surface area contributed by atoms with Gasteiger partial charge in [0.25, 0.3) is 11.1 Å². The van der Waals surface area contributed by atoms with Crippen molar-refractivity contribution in [3.05, 3.63) is 35.9 Å². The van der Waals surface area contributed by atoms with Crippen LogP contribution in [0.5, 0.6) is 0 Å². The molecule has 0 atom stereocenters. The SMILES string of the molecule is O=C1N/C(=N/NC(=O)c2ccccc2)CS1. The molecule has 2 amide bonds. The van der Waals surface area contributed by atoms with E-state index in [2.05, 4.69) is 15.8 Å². The maximum Gasteiger partial charge on any atom is 0.284 e. The summed E-state index contributed by atoms with van der Waals surface area (Å²) in [7, 11) is 0. The molecule has 2 rings (SSSR count). The minimum Gasteiger partial charge on any atom is -0.303 e. The van der Waals surface area contributed by atoms with Crippen molar-refractivity contribution in [2.45, 2.75) is 0 Å². The zero-order valence-corrected chi connectivity index (χ0v) is 9.08. The smallest absolute Gasteiger partial charge is 0.284 e. The molecule has 0 aliphatic carbocycles. The van der Waals surface area contributed by atoms with Crippen LogP contribution in [0.25, 0.3) is 0 Å². The molecule has 82 valence electrons. The monoisotopic (exact) mass is 235 g/mol. The number of hydrogen-bond donors (Lipinski definition) is 2. The molecule has 1 aliphatic rings. The van der Waals surface area contributed by atoms with E-state index in [1.165, 1.54) is 0 Å². The van der Waals surface area contributed by atoms with Crippen molar-refractivity contribution >= 4 is 28.7 Å². The van der Waals surface area contributed by atoms with Crippen LogP contribution in [0.4, 0.5) is 4.79 Å². The molecule has 0 bridgehead atoms. The fraction of sp³-hybridized carbons (Fsp3) is 0.100. The molecule has 0 aromatic heterocycles. The number of nitrogens with one attached hydrogen (secondary N) is 2. The molecule has 1 aromatic rings. The van der Waals surface area contributed by atoms with Crippen molar-refractivity contribution in [1.29, 1.82) is 0 Å². The normalized spacial score (nSPS) is 17.2. The average molecular weight is 235 g/mol. The predicted molar refractivity (Wildman–Crippen MR) is 62.3 cm³/mol. The molecule has 0 radical (unpaired) electrons. The summed E-state index contributed by atoms with van der Waals surface area (Å²) < 4.78 is 0. The molecular weight excluding hydrogens is 226 g/mol. The van der Waals surface area contributed by atoms with Crippen LogP contribution in [0, 0.1) is 0 Å². The summed E-state index contributed by atoms with van der Waals surface area (Å²) >= 11 is 1.12. The summed E-state index contributed by atoms with van der Waals surface area (Å²) in [6, 6.07) is 8.76. The molecule has 6 heteroatoms. The molecule has 5 nitrogen and oxygen atoms in total. The van der Waals surface area contributed by atoms with E-state index in [-0.39, 0.29) is 11.1 Å². The van der Waals surface area contributed by atoms with Crippen LogP contribution in [-0.2, 0) is 0 Å². The van der Waals surface area contributed by atoms with Crippen LogP contribution in [0.2, 0.25) is 0 Å². The Morgan fingerprint density at radius 1 is 1.38 bits per heavy atom. The largest absolute Gasteiger partial charge is 0.303 e. The van der Waals surface area contributed by atoms with E-state index in [9.17, 15) is 9.59 Å². The number of nitrogens with zero attached hydrogens (tertiary/aromatic N) is 1. The number of carbonyl (C=O) groups excluding carboxylic acids is 2. The van der Waals surface area contributed by atoms with Gasteiger partial charge in [-0.05, 0) is 12.1 Å². The third kappa shape index (κ3) is 2.60. The Morgan fingerprint density at radius 2 is 2.12 bits per heavy atom. The number of carbonyl (C=O) groups is 2. The van der Waals surface area contributed by atoms with Gasteiger partial charge in [-0.15, -0.1) is 0 Å². The Hall–Kier alpha value is -1.82. The second kappa shape index (κ2) is 4.80. The van der Waals surface area contributed by atoms with Crippen LogP contribution in [0.15, 0.2) is 35.4 Å². The highest BCUT2D eigenvalue weighted by Gasteiger charge is 2.16. The van der Waals surface area contributed by atoms with Gasteiger partial charge in [-0.25, -0.2) is 5.43 Å². The first-order valence-electron chi connectivity index (χ1n) is 4.61. The lowest BCUT2D eigenvalue weighted by Crippen LogP contribution is -2.26. The van der Waals surface area contributed by atoms with E-state index in [1.807, 2.05) is 6.07 Å². The molecule has 1 fully saturated rings. The van der Waals surface area contributed by atoms with Gasteiger partial charge in [0, 0.05) is 5.56 Å². The van der Waals surface area contributed by atoms with Crippen molar-refractivity contribution in [3.63, 3.8) is 0 Å². The van der Waals surface area contributed by atoms with Crippen LogP contribution >= 0.6 is 11.8 Å². The van der Waals surface area contributed by atoms with E-state index in [0.29, 0.717) is 17.2 Å². The molecule has 1 saturated heterocycles. The molecule has 1 heterocycles. The summed E-state index contributed by atoms with van der Waals surface area (Å²) in [5, 5.41) is 6.19. The second-order valence-electron chi connectivity index (χ2n) is 3.07. The highest BCUT2D eigenvalue weighted by Crippen LogP contribution is 2.08. The van der Waals surface area contributed by atoms with Crippen molar-refractivity contribution in [1.82, 2.24) is 10.7 Å². The zero-order valence-electron chi connectivity index (χ0n) is 8.27. The van der Waals surface area contributed by atoms with Gasteiger partial charge in [0.15, 0.2) is 0 Å². The first-order chi connectivity index (χ1) is 7.75. The van der Waals surface area contributed by atoms with Crippen molar-refractivity contribution in [2.75, 3.05) is 5.75 Å². The Bertz CT molecular complexity index is 445. The van der Waals surface area contributed by atoms with E-state index in [0.717, 1.165) is 11.8 Å². The predicted octanol–water partition coefficient (Wildman–Crippen LogP) is 1.19. The molecular formula is C10H9N3O2S. The van der Waals surface area contributed by atoms with Crippen LogP contribution < -0.4 is 10.7 Å². The third-order valence-corrected chi connectivity index (χ3v) is 2.70. The number of thioether (sulfide) groups is 1. The fourth-order valence-corrected chi connectivity index (χ4v) is 1.75. The molecule has 0 saturated carbocycles. The fourth-order valence-electron chi connectivity index (χ4n) is 1.16. The lowest BCUT2D eigenvalue weighted by atomic mass is 10.2. The van der Waals surface area contributed by atoms with Crippen molar-refractivity contribution in [3.8, 4) is 0 Å². The molecule has 0 unspecified atom stereocenters. The first-order valence-corrected chi connectivity index (χ1v) is 5.60.